The molecular formula is C15H23ClN2O2S. The molecule has 0 aliphatic carbocycles. The van der Waals surface area contributed by atoms with Gasteiger partial charge in [0.2, 0.25) is 10.0 Å². The monoisotopic (exact) mass is 330 g/mol. The van der Waals surface area contributed by atoms with E-state index < -0.39 is 10.0 Å². The van der Waals surface area contributed by atoms with Gasteiger partial charge in [-0.25, -0.2) is 8.42 Å². The number of nitrogens with zero attached hydrogens (tertiary/aromatic N) is 1. The summed E-state index contributed by atoms with van der Waals surface area (Å²) in [6, 6.07) is 4.93. The van der Waals surface area contributed by atoms with E-state index in [1.165, 1.54) is 0 Å². The summed E-state index contributed by atoms with van der Waals surface area (Å²) in [7, 11) is -1.61. The second kappa shape index (κ2) is 6.24. The second-order valence-corrected chi connectivity index (χ2v) is 8.70. The zero-order valence-electron chi connectivity index (χ0n) is 12.8. The summed E-state index contributed by atoms with van der Waals surface area (Å²) in [5.41, 5.74) is 1.03. The summed E-state index contributed by atoms with van der Waals surface area (Å²) < 4.78 is 27.0. The molecule has 1 aliphatic heterocycles. The van der Waals surface area contributed by atoms with Crippen LogP contribution in [0.15, 0.2) is 23.1 Å². The molecule has 1 N–H and O–H groups in total. The number of nitrogens with one attached hydrogen (secondary N) is 1. The first-order valence-electron chi connectivity index (χ1n) is 7.19. The van der Waals surface area contributed by atoms with Crippen LogP contribution in [-0.4, -0.2) is 32.9 Å². The molecular weight excluding hydrogens is 308 g/mol. The van der Waals surface area contributed by atoms with E-state index in [-0.39, 0.29) is 5.41 Å². The van der Waals surface area contributed by atoms with Gasteiger partial charge in [0.15, 0.2) is 0 Å². The number of benzene rings is 1. The van der Waals surface area contributed by atoms with Crippen LogP contribution in [0.25, 0.3) is 0 Å². The first kappa shape index (κ1) is 16.7. The van der Waals surface area contributed by atoms with Crippen molar-refractivity contribution in [1.82, 2.24) is 9.62 Å². The van der Waals surface area contributed by atoms with Gasteiger partial charge < -0.3 is 5.32 Å². The lowest BCUT2D eigenvalue weighted by Crippen LogP contribution is -2.41. The number of halogens is 1. The molecule has 0 aromatic heterocycles. The quantitative estimate of drug-likeness (QED) is 0.923. The van der Waals surface area contributed by atoms with Gasteiger partial charge in [-0.3, -0.25) is 0 Å². The predicted octanol–water partition coefficient (Wildman–Crippen LogP) is 2.87. The third kappa shape index (κ3) is 3.77. The molecule has 118 valence electrons. The molecule has 0 unspecified atom stereocenters. The molecule has 1 aromatic carbocycles. The van der Waals surface area contributed by atoms with Crippen molar-refractivity contribution in [3.05, 3.63) is 28.8 Å². The number of rotatable bonds is 4. The first-order valence-corrected chi connectivity index (χ1v) is 9.01. The molecule has 4 nitrogen and oxygen atoms in total. The van der Waals surface area contributed by atoms with E-state index in [1.807, 2.05) is 7.05 Å². The summed E-state index contributed by atoms with van der Waals surface area (Å²) in [4.78, 5) is 0.330. The van der Waals surface area contributed by atoms with Crippen molar-refractivity contribution in [2.75, 3.05) is 20.1 Å². The Hall–Kier alpha value is -0.620. The molecule has 1 heterocycles. The molecule has 0 atom stereocenters. The van der Waals surface area contributed by atoms with E-state index in [4.69, 9.17) is 11.6 Å². The number of piperidine rings is 1. The average Bonchev–Trinajstić information content (AvgIpc) is 2.41. The molecule has 0 amide bonds. The summed E-state index contributed by atoms with van der Waals surface area (Å²) >= 11 is 6.10. The van der Waals surface area contributed by atoms with Crippen LogP contribution in [-0.2, 0) is 16.6 Å². The van der Waals surface area contributed by atoms with Gasteiger partial charge >= 0.3 is 0 Å². The molecule has 1 fully saturated rings. The molecule has 0 spiro atoms. The van der Waals surface area contributed by atoms with Gasteiger partial charge in [-0.05, 0) is 49.1 Å². The van der Waals surface area contributed by atoms with Crippen LogP contribution in [0.3, 0.4) is 0 Å². The van der Waals surface area contributed by atoms with Crippen molar-refractivity contribution in [2.45, 2.75) is 38.1 Å². The Labute approximate surface area is 132 Å². The van der Waals surface area contributed by atoms with Gasteiger partial charge in [0, 0.05) is 24.7 Å². The van der Waals surface area contributed by atoms with Gasteiger partial charge in [0.1, 0.15) is 0 Å². The molecule has 1 aliphatic rings. The van der Waals surface area contributed by atoms with E-state index in [2.05, 4.69) is 19.2 Å². The maximum atomic E-state index is 12.7. The summed E-state index contributed by atoms with van der Waals surface area (Å²) in [5.74, 6) is 0. The predicted molar refractivity (Wildman–Crippen MR) is 86.0 cm³/mol. The minimum Gasteiger partial charge on any atom is -0.316 e. The fourth-order valence-electron chi connectivity index (χ4n) is 2.52. The molecule has 0 bridgehead atoms. The summed E-state index contributed by atoms with van der Waals surface area (Å²) in [6.45, 7) is 6.09. The third-order valence-electron chi connectivity index (χ3n) is 4.10. The fraction of sp³-hybridized carbons (Fsp3) is 0.600. The molecule has 0 radical (unpaired) electrons. The molecule has 0 saturated carbocycles. The topological polar surface area (TPSA) is 49.4 Å². The summed E-state index contributed by atoms with van der Waals surface area (Å²) in [6.07, 6.45) is 1.78. The number of hydrogen-bond acceptors (Lipinski definition) is 3. The van der Waals surface area contributed by atoms with Gasteiger partial charge in [-0.1, -0.05) is 25.4 Å². The lowest BCUT2D eigenvalue weighted by atomic mass is 9.83. The van der Waals surface area contributed by atoms with Crippen molar-refractivity contribution < 1.29 is 8.42 Å². The Kier molecular flexibility index (Phi) is 4.98. The Morgan fingerprint density at radius 2 is 1.90 bits per heavy atom. The van der Waals surface area contributed by atoms with Crippen LogP contribution in [0.1, 0.15) is 32.3 Å². The fourth-order valence-corrected chi connectivity index (χ4v) is 4.20. The number of hydrogen-bond donors (Lipinski definition) is 1. The van der Waals surface area contributed by atoms with Gasteiger partial charge in [0.25, 0.3) is 0 Å². The van der Waals surface area contributed by atoms with Crippen molar-refractivity contribution in [3.8, 4) is 0 Å². The minimum absolute atomic E-state index is 0.226. The first-order chi connectivity index (χ1) is 9.76. The van der Waals surface area contributed by atoms with Crippen LogP contribution < -0.4 is 5.32 Å². The van der Waals surface area contributed by atoms with Gasteiger partial charge in [0.05, 0.1) is 4.90 Å². The normalized spacial score (nSPS) is 19.6. The highest BCUT2D eigenvalue weighted by atomic mass is 35.5. The van der Waals surface area contributed by atoms with Crippen molar-refractivity contribution in [3.63, 3.8) is 0 Å². The zero-order valence-corrected chi connectivity index (χ0v) is 14.4. The smallest absolute Gasteiger partial charge is 0.243 e. The summed E-state index contributed by atoms with van der Waals surface area (Å²) in [5, 5.41) is 3.59. The van der Waals surface area contributed by atoms with Crippen LogP contribution in [0, 0.1) is 5.41 Å². The highest BCUT2D eigenvalue weighted by molar-refractivity contribution is 7.89. The maximum Gasteiger partial charge on any atom is 0.243 e. The SMILES string of the molecule is CNCc1cc(S(=O)(=O)N2CCC(C)(C)CC2)ccc1Cl. The Morgan fingerprint density at radius 1 is 1.29 bits per heavy atom. The Balaban J connectivity index is 2.26. The van der Waals surface area contributed by atoms with E-state index in [0.29, 0.717) is 29.6 Å². The van der Waals surface area contributed by atoms with E-state index in [0.717, 1.165) is 18.4 Å². The lowest BCUT2D eigenvalue weighted by Gasteiger charge is -2.36. The lowest BCUT2D eigenvalue weighted by molar-refractivity contribution is 0.196. The molecule has 21 heavy (non-hydrogen) atoms. The Morgan fingerprint density at radius 3 is 2.48 bits per heavy atom. The standard InChI is InChI=1S/C15H23ClN2O2S/c1-15(2)6-8-18(9-7-15)21(19,20)13-4-5-14(16)12(10-13)11-17-3/h4-5,10,17H,6-9,11H2,1-3H3. The zero-order chi connectivity index (χ0) is 15.7. The molecule has 2 rings (SSSR count). The van der Waals surface area contributed by atoms with E-state index in [9.17, 15) is 8.42 Å². The van der Waals surface area contributed by atoms with Crippen LogP contribution >= 0.6 is 11.6 Å². The van der Waals surface area contributed by atoms with Gasteiger partial charge in [-0.15, -0.1) is 0 Å². The van der Waals surface area contributed by atoms with Crippen LogP contribution in [0.4, 0.5) is 0 Å². The van der Waals surface area contributed by atoms with Crippen molar-refractivity contribution in [1.29, 1.82) is 0 Å². The number of sulfonamides is 1. The maximum absolute atomic E-state index is 12.7. The van der Waals surface area contributed by atoms with Crippen LogP contribution in [0.5, 0.6) is 0 Å². The average molecular weight is 331 g/mol. The third-order valence-corrected chi connectivity index (χ3v) is 6.36. The van der Waals surface area contributed by atoms with Crippen LogP contribution in [0.2, 0.25) is 5.02 Å². The van der Waals surface area contributed by atoms with E-state index in [1.54, 1.807) is 22.5 Å². The van der Waals surface area contributed by atoms with Crippen molar-refractivity contribution >= 4 is 21.6 Å². The second-order valence-electron chi connectivity index (χ2n) is 6.35. The van der Waals surface area contributed by atoms with Crippen molar-refractivity contribution in [2.24, 2.45) is 5.41 Å². The Bertz CT molecular complexity index is 604. The van der Waals surface area contributed by atoms with Gasteiger partial charge in [-0.2, -0.15) is 4.31 Å². The molecule has 6 heteroatoms. The highest BCUT2D eigenvalue weighted by Crippen LogP contribution is 2.33. The van der Waals surface area contributed by atoms with E-state index >= 15 is 0 Å². The molecule has 1 aromatic rings. The highest BCUT2D eigenvalue weighted by Gasteiger charge is 2.32. The largest absolute Gasteiger partial charge is 0.316 e. The minimum atomic E-state index is -3.42. The molecule has 1 saturated heterocycles.